The van der Waals surface area contributed by atoms with Crippen LogP contribution in [0.5, 0.6) is 5.75 Å². The zero-order valence-electron chi connectivity index (χ0n) is 12.1. The molecule has 3 rings (SSSR count). The fourth-order valence-electron chi connectivity index (χ4n) is 3.30. The molecule has 3 atom stereocenters. The zero-order valence-corrected chi connectivity index (χ0v) is 12.1. The van der Waals surface area contributed by atoms with Crippen molar-refractivity contribution in [3.05, 3.63) is 29.3 Å². The number of nitrogens with two attached hydrogens (primary N) is 1. The van der Waals surface area contributed by atoms with E-state index in [2.05, 4.69) is 30.5 Å². The Balaban J connectivity index is 1.57. The minimum atomic E-state index is 0.337. The van der Waals surface area contributed by atoms with Crippen molar-refractivity contribution >= 4 is 0 Å². The van der Waals surface area contributed by atoms with Gasteiger partial charge in [0.1, 0.15) is 5.75 Å². The summed E-state index contributed by atoms with van der Waals surface area (Å²) >= 11 is 0. The van der Waals surface area contributed by atoms with Crippen LogP contribution in [0.15, 0.2) is 18.2 Å². The molecule has 0 saturated carbocycles. The molecule has 20 heavy (non-hydrogen) atoms. The Kier molecular flexibility index (Phi) is 4.24. The van der Waals surface area contributed by atoms with E-state index in [1.165, 1.54) is 11.1 Å². The van der Waals surface area contributed by atoms with Gasteiger partial charge in [0.25, 0.3) is 0 Å². The van der Waals surface area contributed by atoms with Gasteiger partial charge in [-0.3, -0.25) is 11.3 Å². The number of fused-ring (bicyclic) bond motifs is 1. The molecule has 0 bridgehead atoms. The van der Waals surface area contributed by atoms with Crippen LogP contribution in [-0.4, -0.2) is 25.4 Å². The van der Waals surface area contributed by atoms with Gasteiger partial charge in [0.2, 0.25) is 0 Å². The van der Waals surface area contributed by atoms with Crippen molar-refractivity contribution in [2.45, 2.75) is 44.8 Å². The Bertz CT molecular complexity index is 464. The van der Waals surface area contributed by atoms with Crippen molar-refractivity contribution in [3.63, 3.8) is 0 Å². The van der Waals surface area contributed by atoms with Gasteiger partial charge in [-0.2, -0.15) is 0 Å². The van der Waals surface area contributed by atoms with Crippen molar-refractivity contribution in [1.82, 2.24) is 5.43 Å². The second-order valence-electron chi connectivity index (χ2n) is 5.99. The number of hydrazine groups is 1. The summed E-state index contributed by atoms with van der Waals surface area (Å²) in [6, 6.07) is 6.89. The van der Waals surface area contributed by atoms with Crippen molar-refractivity contribution < 1.29 is 9.47 Å². The summed E-state index contributed by atoms with van der Waals surface area (Å²) in [6.07, 6.45) is 4.61. The van der Waals surface area contributed by atoms with Crippen molar-refractivity contribution in [2.24, 2.45) is 11.8 Å². The third-order valence-electron chi connectivity index (χ3n) is 4.51. The predicted octanol–water partition coefficient (Wildman–Crippen LogP) is 1.81. The SMILES string of the molecule is CC1CC(C(CCc2ccc3c(c2)CCO3)NN)CO1. The van der Waals surface area contributed by atoms with E-state index in [0.29, 0.717) is 18.1 Å². The topological polar surface area (TPSA) is 56.5 Å². The zero-order chi connectivity index (χ0) is 13.9. The predicted molar refractivity (Wildman–Crippen MR) is 78.6 cm³/mol. The summed E-state index contributed by atoms with van der Waals surface area (Å²) in [5.41, 5.74) is 5.70. The van der Waals surface area contributed by atoms with Crippen LogP contribution in [0.3, 0.4) is 0 Å². The van der Waals surface area contributed by atoms with E-state index in [1.54, 1.807) is 0 Å². The maximum Gasteiger partial charge on any atom is 0.122 e. The molecule has 3 N–H and O–H groups in total. The molecule has 2 heterocycles. The maximum atomic E-state index is 5.73. The Labute approximate surface area is 120 Å². The van der Waals surface area contributed by atoms with Gasteiger partial charge in [0, 0.05) is 18.4 Å². The van der Waals surface area contributed by atoms with E-state index in [1.807, 2.05) is 0 Å². The van der Waals surface area contributed by atoms with Gasteiger partial charge in [-0.1, -0.05) is 12.1 Å². The standard InChI is InChI=1S/C16H24N2O2/c1-11-8-14(10-20-11)15(18-17)4-2-12-3-5-16-13(9-12)6-7-19-16/h3,5,9,11,14-15,18H,2,4,6-8,10,17H2,1H3. The Hall–Kier alpha value is -1.10. The summed E-state index contributed by atoms with van der Waals surface area (Å²) in [5, 5.41) is 0. The number of hydrogen-bond acceptors (Lipinski definition) is 4. The second kappa shape index (κ2) is 6.12. The first-order valence-corrected chi connectivity index (χ1v) is 7.58. The first-order valence-electron chi connectivity index (χ1n) is 7.58. The Morgan fingerprint density at radius 1 is 1.45 bits per heavy atom. The van der Waals surface area contributed by atoms with Crippen LogP contribution < -0.4 is 16.0 Å². The fraction of sp³-hybridized carbons (Fsp3) is 0.625. The molecular weight excluding hydrogens is 252 g/mol. The van der Waals surface area contributed by atoms with Gasteiger partial charge >= 0.3 is 0 Å². The lowest BCUT2D eigenvalue weighted by molar-refractivity contribution is 0.116. The average Bonchev–Trinajstić information content (AvgIpc) is 3.08. The van der Waals surface area contributed by atoms with Crippen LogP contribution in [0.2, 0.25) is 0 Å². The lowest BCUT2D eigenvalue weighted by Crippen LogP contribution is -2.41. The van der Waals surface area contributed by atoms with Crippen LogP contribution in [0.1, 0.15) is 30.9 Å². The highest BCUT2D eigenvalue weighted by Gasteiger charge is 2.28. The average molecular weight is 276 g/mol. The quantitative estimate of drug-likeness (QED) is 0.636. The van der Waals surface area contributed by atoms with Crippen LogP contribution in [0, 0.1) is 5.92 Å². The van der Waals surface area contributed by atoms with E-state index in [4.69, 9.17) is 15.3 Å². The summed E-state index contributed by atoms with van der Waals surface area (Å²) < 4.78 is 11.2. The van der Waals surface area contributed by atoms with E-state index in [9.17, 15) is 0 Å². The summed E-state index contributed by atoms with van der Waals surface area (Å²) in [7, 11) is 0. The number of benzene rings is 1. The fourth-order valence-corrected chi connectivity index (χ4v) is 3.30. The molecule has 3 unspecified atom stereocenters. The molecular formula is C16H24N2O2. The molecule has 1 fully saturated rings. The third kappa shape index (κ3) is 2.97. The molecule has 2 aliphatic heterocycles. The normalized spacial score (nSPS) is 26.3. The van der Waals surface area contributed by atoms with Crippen molar-refractivity contribution in [1.29, 1.82) is 0 Å². The number of rotatable bonds is 5. The lowest BCUT2D eigenvalue weighted by atomic mass is 9.92. The van der Waals surface area contributed by atoms with Gasteiger partial charge in [-0.05, 0) is 43.4 Å². The van der Waals surface area contributed by atoms with Crippen LogP contribution in [0.4, 0.5) is 0 Å². The van der Waals surface area contributed by atoms with E-state index < -0.39 is 0 Å². The highest BCUT2D eigenvalue weighted by molar-refractivity contribution is 5.39. The smallest absolute Gasteiger partial charge is 0.122 e. The van der Waals surface area contributed by atoms with Crippen molar-refractivity contribution in [3.8, 4) is 5.75 Å². The molecule has 4 nitrogen and oxygen atoms in total. The summed E-state index contributed by atoms with van der Waals surface area (Å²) in [5.74, 6) is 7.32. The Morgan fingerprint density at radius 2 is 2.35 bits per heavy atom. The minimum Gasteiger partial charge on any atom is -0.493 e. The van der Waals surface area contributed by atoms with Crippen molar-refractivity contribution in [2.75, 3.05) is 13.2 Å². The molecule has 0 amide bonds. The van der Waals surface area contributed by atoms with Crippen LogP contribution >= 0.6 is 0 Å². The minimum absolute atomic E-state index is 0.337. The molecule has 1 aromatic carbocycles. The summed E-state index contributed by atoms with van der Waals surface area (Å²) in [6.45, 7) is 3.78. The molecule has 4 heteroatoms. The lowest BCUT2D eigenvalue weighted by Gasteiger charge is -2.21. The second-order valence-corrected chi connectivity index (χ2v) is 5.99. The molecule has 2 aliphatic rings. The molecule has 110 valence electrons. The molecule has 1 aromatic rings. The highest BCUT2D eigenvalue weighted by atomic mass is 16.5. The number of ether oxygens (including phenoxy) is 2. The third-order valence-corrected chi connectivity index (χ3v) is 4.51. The van der Waals surface area contributed by atoms with Gasteiger partial charge in [-0.25, -0.2) is 0 Å². The largest absolute Gasteiger partial charge is 0.493 e. The van der Waals surface area contributed by atoms with E-state index in [-0.39, 0.29) is 0 Å². The highest BCUT2D eigenvalue weighted by Crippen LogP contribution is 2.28. The molecule has 0 aromatic heterocycles. The van der Waals surface area contributed by atoms with Gasteiger partial charge < -0.3 is 9.47 Å². The van der Waals surface area contributed by atoms with E-state index in [0.717, 1.165) is 44.6 Å². The monoisotopic (exact) mass is 276 g/mol. The molecule has 0 spiro atoms. The first-order chi connectivity index (χ1) is 9.76. The number of nitrogens with one attached hydrogen (secondary N) is 1. The number of hydrogen-bond donors (Lipinski definition) is 2. The van der Waals surface area contributed by atoms with Crippen LogP contribution in [-0.2, 0) is 17.6 Å². The molecule has 0 radical (unpaired) electrons. The maximum absolute atomic E-state index is 5.73. The molecule has 1 saturated heterocycles. The van der Waals surface area contributed by atoms with Gasteiger partial charge in [0.15, 0.2) is 0 Å². The van der Waals surface area contributed by atoms with Gasteiger partial charge in [0.05, 0.1) is 19.3 Å². The number of aryl methyl sites for hydroxylation is 1. The first kappa shape index (κ1) is 13.9. The van der Waals surface area contributed by atoms with Gasteiger partial charge in [-0.15, -0.1) is 0 Å². The molecule has 0 aliphatic carbocycles. The summed E-state index contributed by atoms with van der Waals surface area (Å²) in [4.78, 5) is 0. The van der Waals surface area contributed by atoms with Crippen LogP contribution in [0.25, 0.3) is 0 Å². The Morgan fingerprint density at radius 3 is 3.10 bits per heavy atom. The van der Waals surface area contributed by atoms with E-state index >= 15 is 0 Å².